The van der Waals surface area contributed by atoms with E-state index in [-0.39, 0.29) is 0 Å². The number of fused-ring (bicyclic) bond motifs is 1. The van der Waals surface area contributed by atoms with Crippen LogP contribution in [0.2, 0.25) is 0 Å². The fourth-order valence-corrected chi connectivity index (χ4v) is 1.55. The molecule has 0 N–H and O–H groups in total. The third kappa shape index (κ3) is 0.811. The van der Waals surface area contributed by atoms with Gasteiger partial charge in [0.1, 0.15) is 0 Å². The average molecular weight is 244 g/mol. The molecule has 2 heterocycles. The minimum Gasteiger partial charge on any atom is -0.290 e. The van der Waals surface area contributed by atoms with Crippen molar-refractivity contribution >= 4 is 33.8 Å². The number of nitrogens with zero attached hydrogens (tertiary/aromatic N) is 2. The molecule has 0 atom stereocenters. The quantitative estimate of drug-likeness (QED) is 0.650. The lowest BCUT2D eigenvalue weighted by Gasteiger charge is -1.89. The molecule has 0 aliphatic heterocycles. The van der Waals surface area contributed by atoms with Crippen molar-refractivity contribution in [2.24, 2.45) is 0 Å². The van der Waals surface area contributed by atoms with Gasteiger partial charge in [-0.3, -0.25) is 7.76 Å². The van der Waals surface area contributed by atoms with Gasteiger partial charge in [-0.15, -0.1) is 0 Å². The van der Waals surface area contributed by atoms with Crippen molar-refractivity contribution in [1.82, 2.24) is 7.76 Å². The van der Waals surface area contributed by atoms with Gasteiger partial charge >= 0.3 is 0 Å². The van der Waals surface area contributed by atoms with E-state index in [4.69, 9.17) is 0 Å². The predicted octanol–water partition coefficient (Wildman–Crippen LogP) is 2.23. The Balaban J connectivity index is 2.93. The normalized spacial score (nSPS) is 10.5. The lowest BCUT2D eigenvalue weighted by Crippen LogP contribution is -1.74. The van der Waals surface area contributed by atoms with Crippen molar-refractivity contribution in [1.29, 1.82) is 0 Å². The molecule has 0 unspecified atom stereocenters. The van der Waals surface area contributed by atoms with Gasteiger partial charge in [-0.05, 0) is 12.1 Å². The zero-order valence-electron chi connectivity index (χ0n) is 5.16. The first-order valence-corrected chi connectivity index (χ1v) is 3.91. The second-order valence-electron chi connectivity index (χ2n) is 2.06. The van der Waals surface area contributed by atoms with Crippen LogP contribution in [0.5, 0.6) is 0 Å². The Labute approximate surface area is 72.4 Å². The summed E-state index contributed by atoms with van der Waals surface area (Å²) in [6.07, 6.45) is 5.69. The summed E-state index contributed by atoms with van der Waals surface area (Å²) in [7, 11) is 0. The van der Waals surface area contributed by atoms with Crippen LogP contribution in [0.25, 0.3) is 10.9 Å². The van der Waals surface area contributed by atoms with E-state index in [0.717, 1.165) is 0 Å². The van der Waals surface area contributed by atoms with E-state index in [2.05, 4.69) is 36.7 Å². The molecule has 0 aliphatic carbocycles. The van der Waals surface area contributed by atoms with Gasteiger partial charge in [0.05, 0.1) is 28.4 Å². The molecule has 2 nitrogen and oxygen atoms in total. The average Bonchev–Trinajstić information content (AvgIpc) is 2.34. The zero-order valence-corrected chi connectivity index (χ0v) is 7.32. The largest absolute Gasteiger partial charge is 0.290 e. The highest BCUT2D eigenvalue weighted by molar-refractivity contribution is 14.1. The van der Waals surface area contributed by atoms with Crippen LogP contribution < -0.4 is 0 Å². The summed E-state index contributed by atoms with van der Waals surface area (Å²) in [6.45, 7) is 0. The van der Waals surface area contributed by atoms with Crippen LogP contribution in [0.4, 0.5) is 0 Å². The van der Waals surface area contributed by atoms with E-state index >= 15 is 0 Å². The van der Waals surface area contributed by atoms with Crippen LogP contribution >= 0.6 is 22.9 Å². The molecule has 2 rings (SSSR count). The molecule has 0 fully saturated rings. The summed E-state index contributed by atoms with van der Waals surface area (Å²) in [5.74, 6) is 0. The Morgan fingerprint density at radius 2 is 2.30 bits per heavy atom. The van der Waals surface area contributed by atoms with E-state index in [0.29, 0.717) is 0 Å². The molecule has 0 amide bonds. The number of aromatic nitrogens is 2. The molecule has 0 spiro atoms. The fraction of sp³-hybridized carbons (Fsp3) is 0. The lowest BCUT2D eigenvalue weighted by atomic mass is 10.3. The zero-order chi connectivity index (χ0) is 6.97. The van der Waals surface area contributed by atoms with E-state index in [1.165, 1.54) is 10.9 Å². The minimum absolute atomic E-state index is 1.19. The van der Waals surface area contributed by atoms with Crippen LogP contribution in [0.15, 0.2) is 30.7 Å². The summed E-state index contributed by atoms with van der Waals surface area (Å²) in [4.78, 5) is 4.01. The monoisotopic (exact) mass is 244 g/mol. The molecule has 0 radical (unpaired) electrons. The highest BCUT2D eigenvalue weighted by Gasteiger charge is 1.94. The third-order valence-corrected chi connectivity index (χ3v) is 2.28. The van der Waals surface area contributed by atoms with Crippen molar-refractivity contribution in [3.8, 4) is 0 Å². The van der Waals surface area contributed by atoms with Crippen molar-refractivity contribution in [2.75, 3.05) is 0 Å². The molecule has 2 aromatic rings. The minimum atomic E-state index is 1.19. The van der Waals surface area contributed by atoms with Gasteiger partial charge in [0.2, 0.25) is 0 Å². The van der Waals surface area contributed by atoms with Crippen molar-refractivity contribution in [2.45, 2.75) is 0 Å². The molecular formula is C7H5IN2. The molecule has 10 heavy (non-hydrogen) atoms. The standard InChI is InChI=1S/C7H5IN2/c8-10-4-2-6-5-9-3-1-7(6)10/h1-5H. The van der Waals surface area contributed by atoms with Crippen molar-refractivity contribution in [3.05, 3.63) is 30.7 Å². The summed E-state index contributed by atoms with van der Waals surface area (Å²) >= 11 is 2.24. The molecule has 2 aromatic heterocycles. The Bertz CT molecular complexity index is 353. The molecule has 0 saturated heterocycles. The first-order chi connectivity index (χ1) is 4.88. The predicted molar refractivity (Wildman–Crippen MR) is 49.2 cm³/mol. The van der Waals surface area contributed by atoms with Gasteiger partial charge in [0.15, 0.2) is 0 Å². The van der Waals surface area contributed by atoms with Gasteiger partial charge in [-0.1, -0.05) is 0 Å². The maximum atomic E-state index is 4.01. The van der Waals surface area contributed by atoms with Crippen LogP contribution in [0, 0.1) is 0 Å². The highest BCUT2D eigenvalue weighted by Crippen LogP contribution is 2.15. The first-order valence-electron chi connectivity index (χ1n) is 2.95. The summed E-state index contributed by atoms with van der Waals surface area (Å²) in [5.41, 5.74) is 1.22. The summed E-state index contributed by atoms with van der Waals surface area (Å²) in [5, 5.41) is 1.19. The number of hydrogen-bond acceptors (Lipinski definition) is 1. The molecule has 3 heteroatoms. The third-order valence-electron chi connectivity index (χ3n) is 1.44. The van der Waals surface area contributed by atoms with Gasteiger partial charge in [-0.2, -0.15) is 0 Å². The molecule has 0 saturated carbocycles. The fourth-order valence-electron chi connectivity index (χ4n) is 0.948. The van der Waals surface area contributed by atoms with Crippen LogP contribution in [-0.2, 0) is 0 Å². The lowest BCUT2D eigenvalue weighted by molar-refractivity contribution is 1.35. The summed E-state index contributed by atoms with van der Waals surface area (Å²) < 4.78 is 2.05. The Hall–Kier alpha value is -0.580. The number of hydrogen-bond donors (Lipinski definition) is 0. The number of halogens is 1. The Morgan fingerprint density at radius 1 is 1.40 bits per heavy atom. The van der Waals surface area contributed by atoms with Crippen LogP contribution in [0.3, 0.4) is 0 Å². The second-order valence-corrected chi connectivity index (χ2v) is 3.10. The van der Waals surface area contributed by atoms with Crippen LogP contribution in [-0.4, -0.2) is 7.76 Å². The van der Waals surface area contributed by atoms with E-state index in [1.54, 1.807) is 6.20 Å². The van der Waals surface area contributed by atoms with E-state index in [1.807, 2.05) is 18.5 Å². The van der Waals surface area contributed by atoms with Crippen LogP contribution in [0.1, 0.15) is 0 Å². The van der Waals surface area contributed by atoms with Gasteiger partial charge in [0, 0.05) is 24.0 Å². The molecule has 0 aliphatic rings. The number of rotatable bonds is 0. The van der Waals surface area contributed by atoms with Gasteiger partial charge in [0.25, 0.3) is 0 Å². The maximum Gasteiger partial charge on any atom is 0.0640 e. The SMILES string of the molecule is In1ccc2cnccc21. The molecule has 0 bridgehead atoms. The second kappa shape index (κ2) is 2.23. The van der Waals surface area contributed by atoms with Gasteiger partial charge in [-0.25, -0.2) is 0 Å². The summed E-state index contributed by atoms with van der Waals surface area (Å²) in [6, 6.07) is 4.05. The highest BCUT2D eigenvalue weighted by atomic mass is 127. The topological polar surface area (TPSA) is 17.8 Å². The Kier molecular flexibility index (Phi) is 1.37. The van der Waals surface area contributed by atoms with E-state index in [9.17, 15) is 0 Å². The number of pyridine rings is 1. The molecular weight excluding hydrogens is 239 g/mol. The maximum absolute atomic E-state index is 4.01. The smallest absolute Gasteiger partial charge is 0.0640 e. The Morgan fingerprint density at radius 3 is 3.10 bits per heavy atom. The molecule has 50 valence electrons. The van der Waals surface area contributed by atoms with Crippen molar-refractivity contribution in [3.63, 3.8) is 0 Å². The molecule has 0 aromatic carbocycles. The first kappa shape index (κ1) is 6.15. The van der Waals surface area contributed by atoms with Crippen molar-refractivity contribution < 1.29 is 0 Å². The van der Waals surface area contributed by atoms with E-state index < -0.39 is 0 Å². The van der Waals surface area contributed by atoms with Gasteiger partial charge < -0.3 is 0 Å².